The molecule has 0 radical (unpaired) electrons. The zero-order valence-electron chi connectivity index (χ0n) is 16.3. The Hall–Kier alpha value is -1.73. The summed E-state index contributed by atoms with van der Waals surface area (Å²) >= 11 is 1.75. The topological polar surface area (TPSA) is 61.2 Å². The molecule has 27 heavy (non-hydrogen) atoms. The summed E-state index contributed by atoms with van der Waals surface area (Å²) in [4.78, 5) is 0. The van der Waals surface area contributed by atoms with Gasteiger partial charge in [-0.3, -0.25) is 0 Å². The molecule has 7 heteroatoms. The fourth-order valence-electron chi connectivity index (χ4n) is 3.48. The van der Waals surface area contributed by atoms with E-state index in [-0.39, 0.29) is 0 Å². The van der Waals surface area contributed by atoms with Gasteiger partial charge in [0.05, 0.1) is 20.3 Å². The first-order chi connectivity index (χ1) is 13.3. The highest BCUT2D eigenvalue weighted by atomic mass is 32.2. The molecular formula is C20H30N4O2S. The van der Waals surface area contributed by atoms with Crippen LogP contribution in [0.4, 0.5) is 5.69 Å². The molecule has 1 fully saturated rings. The van der Waals surface area contributed by atoms with Crippen LogP contribution in [0.1, 0.15) is 50.9 Å². The van der Waals surface area contributed by atoms with Gasteiger partial charge in [0.15, 0.2) is 11.0 Å². The lowest BCUT2D eigenvalue weighted by Gasteiger charge is -2.25. The molecule has 1 aromatic carbocycles. The minimum atomic E-state index is 0.505. The molecule has 0 spiro atoms. The van der Waals surface area contributed by atoms with Crippen LogP contribution in [0.15, 0.2) is 29.4 Å². The Morgan fingerprint density at radius 3 is 2.85 bits per heavy atom. The molecule has 0 amide bonds. The second-order valence-electron chi connectivity index (χ2n) is 6.69. The molecule has 1 aliphatic carbocycles. The van der Waals surface area contributed by atoms with Gasteiger partial charge in [-0.1, -0.05) is 37.1 Å². The van der Waals surface area contributed by atoms with Crippen LogP contribution < -0.4 is 10.1 Å². The van der Waals surface area contributed by atoms with E-state index in [1.54, 1.807) is 18.9 Å². The van der Waals surface area contributed by atoms with Gasteiger partial charge in [0.1, 0.15) is 5.75 Å². The minimum Gasteiger partial charge on any atom is -0.497 e. The molecule has 0 saturated heterocycles. The van der Waals surface area contributed by atoms with Gasteiger partial charge >= 0.3 is 0 Å². The van der Waals surface area contributed by atoms with Crippen molar-refractivity contribution in [3.63, 3.8) is 0 Å². The van der Waals surface area contributed by atoms with Crippen molar-refractivity contribution in [3.05, 3.63) is 30.1 Å². The molecule has 1 heterocycles. The van der Waals surface area contributed by atoms with Crippen LogP contribution in [0.5, 0.6) is 5.75 Å². The molecule has 3 rings (SSSR count). The lowest BCUT2D eigenvalue weighted by atomic mass is 9.95. The van der Waals surface area contributed by atoms with E-state index < -0.39 is 0 Å². The standard InChI is InChI=1S/C20H30N4O2S/c1-3-26-12-13-27-20-23-22-19(24(20)17-9-5-4-6-10-17)15-21-16-8-7-11-18(14-16)25-2/h7-8,11,14,17,21H,3-6,9-10,12-13,15H2,1-2H3. The van der Waals surface area contributed by atoms with E-state index in [9.17, 15) is 0 Å². The quantitative estimate of drug-likeness (QED) is 0.475. The van der Waals surface area contributed by atoms with Crippen molar-refractivity contribution < 1.29 is 9.47 Å². The van der Waals surface area contributed by atoms with Crippen LogP contribution in [-0.4, -0.2) is 40.8 Å². The van der Waals surface area contributed by atoms with Crippen LogP contribution in [-0.2, 0) is 11.3 Å². The summed E-state index contributed by atoms with van der Waals surface area (Å²) in [5.74, 6) is 2.76. The first-order valence-electron chi connectivity index (χ1n) is 9.84. The molecule has 1 saturated carbocycles. The number of anilines is 1. The van der Waals surface area contributed by atoms with Crippen molar-refractivity contribution in [1.82, 2.24) is 14.8 Å². The zero-order chi connectivity index (χ0) is 18.9. The summed E-state index contributed by atoms with van der Waals surface area (Å²) in [5, 5.41) is 13.5. The average Bonchev–Trinajstić information content (AvgIpc) is 3.13. The number of ether oxygens (including phenoxy) is 2. The SMILES string of the molecule is CCOCCSc1nnc(CNc2cccc(OC)c2)n1C1CCCCC1. The third-order valence-corrected chi connectivity index (χ3v) is 5.77. The molecule has 1 N–H and O–H groups in total. The number of hydrogen-bond acceptors (Lipinski definition) is 6. The van der Waals surface area contributed by atoms with Crippen molar-refractivity contribution >= 4 is 17.4 Å². The molecule has 2 aromatic rings. The largest absolute Gasteiger partial charge is 0.497 e. The van der Waals surface area contributed by atoms with E-state index in [4.69, 9.17) is 9.47 Å². The Kier molecular flexibility index (Phi) is 7.83. The number of hydrogen-bond donors (Lipinski definition) is 1. The van der Waals surface area contributed by atoms with Crippen molar-refractivity contribution in [2.24, 2.45) is 0 Å². The maximum absolute atomic E-state index is 5.47. The summed E-state index contributed by atoms with van der Waals surface area (Å²) in [6, 6.07) is 8.48. The summed E-state index contributed by atoms with van der Waals surface area (Å²) in [7, 11) is 1.69. The Bertz CT molecular complexity index is 701. The van der Waals surface area contributed by atoms with Crippen molar-refractivity contribution in [3.8, 4) is 5.75 Å². The van der Waals surface area contributed by atoms with Gasteiger partial charge in [-0.25, -0.2) is 0 Å². The highest BCUT2D eigenvalue weighted by Crippen LogP contribution is 2.33. The van der Waals surface area contributed by atoms with Gasteiger partial charge in [-0.2, -0.15) is 0 Å². The van der Waals surface area contributed by atoms with Crippen molar-refractivity contribution in [2.45, 2.75) is 56.8 Å². The monoisotopic (exact) mass is 390 g/mol. The van der Waals surface area contributed by atoms with Gasteiger partial charge in [-0.15, -0.1) is 10.2 Å². The van der Waals surface area contributed by atoms with E-state index >= 15 is 0 Å². The van der Waals surface area contributed by atoms with Crippen LogP contribution >= 0.6 is 11.8 Å². The summed E-state index contributed by atoms with van der Waals surface area (Å²) < 4.78 is 13.1. The molecule has 1 aliphatic rings. The average molecular weight is 391 g/mol. The normalized spacial score (nSPS) is 15.0. The van der Waals surface area contributed by atoms with E-state index in [1.807, 2.05) is 31.2 Å². The summed E-state index contributed by atoms with van der Waals surface area (Å²) in [5.41, 5.74) is 1.03. The van der Waals surface area contributed by atoms with Gasteiger partial charge in [0.25, 0.3) is 0 Å². The Morgan fingerprint density at radius 1 is 1.22 bits per heavy atom. The van der Waals surface area contributed by atoms with E-state index in [2.05, 4.69) is 20.1 Å². The summed E-state index contributed by atoms with van der Waals surface area (Å²) in [6.45, 7) is 4.18. The van der Waals surface area contributed by atoms with Crippen molar-refractivity contribution in [2.75, 3.05) is 31.4 Å². The molecule has 148 valence electrons. The first-order valence-corrected chi connectivity index (χ1v) is 10.8. The van der Waals surface area contributed by atoms with Gasteiger partial charge in [-0.05, 0) is 31.9 Å². The number of thioether (sulfide) groups is 1. The number of benzene rings is 1. The molecule has 0 unspecified atom stereocenters. The molecule has 0 atom stereocenters. The highest BCUT2D eigenvalue weighted by molar-refractivity contribution is 7.99. The number of nitrogens with one attached hydrogen (secondary N) is 1. The number of nitrogens with zero attached hydrogens (tertiary/aromatic N) is 3. The van der Waals surface area contributed by atoms with Crippen LogP contribution in [0.3, 0.4) is 0 Å². The maximum Gasteiger partial charge on any atom is 0.191 e. The number of rotatable bonds is 10. The Morgan fingerprint density at radius 2 is 2.07 bits per heavy atom. The minimum absolute atomic E-state index is 0.505. The Balaban J connectivity index is 1.71. The van der Waals surface area contributed by atoms with Gasteiger partial charge < -0.3 is 19.4 Å². The Labute approximate surface area is 166 Å². The molecular weight excluding hydrogens is 360 g/mol. The number of aromatic nitrogens is 3. The molecule has 0 bridgehead atoms. The molecule has 6 nitrogen and oxygen atoms in total. The van der Waals surface area contributed by atoms with Gasteiger partial charge in [0.2, 0.25) is 0 Å². The van der Waals surface area contributed by atoms with E-state index in [1.165, 1.54) is 32.1 Å². The third kappa shape index (κ3) is 5.62. The molecule has 1 aromatic heterocycles. The highest BCUT2D eigenvalue weighted by Gasteiger charge is 2.22. The predicted octanol–water partition coefficient (Wildman–Crippen LogP) is 4.53. The van der Waals surface area contributed by atoms with Crippen LogP contribution in [0.2, 0.25) is 0 Å². The van der Waals surface area contributed by atoms with E-state index in [0.717, 1.165) is 41.4 Å². The summed E-state index contributed by atoms with van der Waals surface area (Å²) in [6.07, 6.45) is 6.33. The van der Waals surface area contributed by atoms with Gasteiger partial charge in [0, 0.05) is 30.2 Å². The smallest absolute Gasteiger partial charge is 0.191 e. The first kappa shape index (κ1) is 20.0. The second kappa shape index (κ2) is 10.6. The van der Waals surface area contributed by atoms with E-state index in [0.29, 0.717) is 12.6 Å². The fraction of sp³-hybridized carbons (Fsp3) is 0.600. The maximum atomic E-state index is 5.47. The fourth-order valence-corrected chi connectivity index (χ4v) is 4.36. The second-order valence-corrected chi connectivity index (χ2v) is 7.75. The van der Waals surface area contributed by atoms with Crippen LogP contribution in [0, 0.1) is 0 Å². The van der Waals surface area contributed by atoms with Crippen molar-refractivity contribution in [1.29, 1.82) is 0 Å². The van der Waals surface area contributed by atoms with Crippen LogP contribution in [0.25, 0.3) is 0 Å². The lowest BCUT2D eigenvalue weighted by molar-refractivity contribution is 0.164. The molecule has 0 aliphatic heterocycles. The number of methoxy groups -OCH3 is 1. The predicted molar refractivity (Wildman–Crippen MR) is 110 cm³/mol. The third-order valence-electron chi connectivity index (χ3n) is 4.86. The zero-order valence-corrected chi connectivity index (χ0v) is 17.1. The lowest BCUT2D eigenvalue weighted by Crippen LogP contribution is -2.18.